The fourth-order valence-electron chi connectivity index (χ4n) is 3.17. The van der Waals surface area contributed by atoms with Crippen molar-refractivity contribution in [3.05, 3.63) is 35.9 Å². The van der Waals surface area contributed by atoms with Gasteiger partial charge in [0.2, 0.25) is 5.91 Å². The molecule has 1 aliphatic heterocycles. The summed E-state index contributed by atoms with van der Waals surface area (Å²) in [6.45, 7) is 6.07. The molecule has 0 spiro atoms. The largest absolute Gasteiger partial charge is 0.383 e. The van der Waals surface area contributed by atoms with Gasteiger partial charge in [-0.3, -0.25) is 4.79 Å². The predicted octanol–water partition coefficient (Wildman–Crippen LogP) is 2.10. The number of hydrogen-bond donors (Lipinski definition) is 2. The van der Waals surface area contributed by atoms with E-state index in [0.717, 1.165) is 39.1 Å². The summed E-state index contributed by atoms with van der Waals surface area (Å²) in [6, 6.07) is 10.7. The van der Waals surface area contributed by atoms with Crippen molar-refractivity contribution in [3.8, 4) is 0 Å². The van der Waals surface area contributed by atoms with Crippen LogP contribution in [0.1, 0.15) is 31.4 Å². The Morgan fingerprint density at radius 2 is 1.93 bits per heavy atom. The molecule has 164 valence electrons. The summed E-state index contributed by atoms with van der Waals surface area (Å²) in [5.41, 5.74) is 1.19. The molecule has 1 fully saturated rings. The Balaban J connectivity index is 0.00000420. The van der Waals surface area contributed by atoms with Crippen LogP contribution in [0.3, 0.4) is 0 Å². The number of piperidine rings is 1. The van der Waals surface area contributed by atoms with Gasteiger partial charge in [0.05, 0.1) is 12.6 Å². The van der Waals surface area contributed by atoms with E-state index in [1.165, 1.54) is 5.56 Å². The minimum Gasteiger partial charge on any atom is -0.383 e. The van der Waals surface area contributed by atoms with Crippen LogP contribution in [0.15, 0.2) is 35.3 Å². The van der Waals surface area contributed by atoms with Gasteiger partial charge < -0.3 is 25.2 Å². The van der Waals surface area contributed by atoms with Crippen molar-refractivity contribution in [1.29, 1.82) is 0 Å². The average molecular weight is 517 g/mol. The highest BCUT2D eigenvalue weighted by atomic mass is 127. The number of amides is 1. The van der Waals surface area contributed by atoms with Crippen LogP contribution < -0.4 is 10.6 Å². The number of halogens is 1. The number of likely N-dealkylation sites (N-methyl/N-ethyl adjacent to an activating group) is 1. The molecule has 0 saturated carbocycles. The standard InChI is InChI=1S/C21H35N5O2.HI/c1-17(18-8-6-5-7-9-18)23-21(22-16-20(27)25(2)3)24-19-10-12-26(13-11-19)14-15-28-4;/h5-9,17,19H,10-16H2,1-4H3,(H2,22,23,24);1H. The normalized spacial score (nSPS) is 16.6. The highest BCUT2D eigenvalue weighted by Crippen LogP contribution is 2.13. The number of carbonyl (C=O) groups is 1. The highest BCUT2D eigenvalue weighted by molar-refractivity contribution is 14.0. The molecule has 1 aromatic rings. The number of methoxy groups -OCH3 is 1. The number of likely N-dealkylation sites (tertiary alicyclic amines) is 1. The maximum Gasteiger partial charge on any atom is 0.243 e. The van der Waals surface area contributed by atoms with Gasteiger partial charge in [0.1, 0.15) is 6.54 Å². The second-order valence-electron chi connectivity index (χ2n) is 7.48. The lowest BCUT2D eigenvalue weighted by atomic mass is 10.1. The third-order valence-corrected chi connectivity index (χ3v) is 5.06. The number of nitrogens with zero attached hydrogens (tertiary/aromatic N) is 3. The summed E-state index contributed by atoms with van der Waals surface area (Å²) in [5.74, 6) is 0.685. The van der Waals surface area contributed by atoms with Crippen molar-refractivity contribution in [2.45, 2.75) is 31.8 Å². The monoisotopic (exact) mass is 517 g/mol. The van der Waals surface area contributed by atoms with Crippen LogP contribution in [0.25, 0.3) is 0 Å². The van der Waals surface area contributed by atoms with Gasteiger partial charge in [-0.15, -0.1) is 24.0 Å². The fourth-order valence-corrected chi connectivity index (χ4v) is 3.17. The summed E-state index contributed by atoms with van der Waals surface area (Å²) in [4.78, 5) is 20.5. The summed E-state index contributed by atoms with van der Waals surface area (Å²) in [5, 5.41) is 6.99. The summed E-state index contributed by atoms with van der Waals surface area (Å²) >= 11 is 0. The van der Waals surface area contributed by atoms with Crippen molar-refractivity contribution >= 4 is 35.8 Å². The van der Waals surface area contributed by atoms with Crippen molar-refractivity contribution in [1.82, 2.24) is 20.4 Å². The molecule has 2 N–H and O–H groups in total. The first kappa shape index (κ1) is 25.6. The molecule has 29 heavy (non-hydrogen) atoms. The van der Waals surface area contributed by atoms with Crippen molar-refractivity contribution in [2.75, 3.05) is 54.0 Å². The lowest BCUT2D eigenvalue weighted by Gasteiger charge is -2.33. The Morgan fingerprint density at radius 3 is 2.52 bits per heavy atom. The van der Waals surface area contributed by atoms with E-state index < -0.39 is 0 Å². The average Bonchev–Trinajstić information content (AvgIpc) is 2.71. The van der Waals surface area contributed by atoms with Gasteiger partial charge in [-0.2, -0.15) is 0 Å². The predicted molar refractivity (Wildman–Crippen MR) is 129 cm³/mol. The van der Waals surface area contributed by atoms with Gasteiger partial charge in [-0.1, -0.05) is 30.3 Å². The molecule has 1 saturated heterocycles. The second-order valence-corrected chi connectivity index (χ2v) is 7.48. The molecule has 0 aromatic heterocycles. The SMILES string of the molecule is COCCN1CCC(NC(=NCC(=O)N(C)C)NC(C)c2ccccc2)CC1.I. The molecule has 1 heterocycles. The van der Waals surface area contributed by atoms with Gasteiger partial charge in [0.15, 0.2) is 5.96 Å². The number of hydrogen-bond acceptors (Lipinski definition) is 4. The van der Waals surface area contributed by atoms with Gasteiger partial charge in [-0.05, 0) is 25.3 Å². The zero-order chi connectivity index (χ0) is 20.4. The highest BCUT2D eigenvalue weighted by Gasteiger charge is 2.20. The minimum atomic E-state index is -0.0113. The number of rotatable bonds is 8. The molecule has 1 unspecified atom stereocenters. The zero-order valence-corrected chi connectivity index (χ0v) is 20.4. The van der Waals surface area contributed by atoms with Crippen LogP contribution >= 0.6 is 24.0 Å². The molecule has 2 rings (SSSR count). The number of guanidine groups is 1. The van der Waals surface area contributed by atoms with E-state index in [2.05, 4.69) is 39.6 Å². The molecular formula is C21H36IN5O2. The summed E-state index contributed by atoms with van der Waals surface area (Å²) in [7, 11) is 5.24. The third kappa shape index (κ3) is 9.31. The molecule has 1 aromatic carbocycles. The Labute approximate surface area is 192 Å². The van der Waals surface area contributed by atoms with Gasteiger partial charge in [-0.25, -0.2) is 4.99 Å². The molecule has 0 bridgehead atoms. The van der Waals surface area contributed by atoms with E-state index >= 15 is 0 Å². The number of nitrogens with one attached hydrogen (secondary N) is 2. The molecule has 1 aliphatic rings. The topological polar surface area (TPSA) is 69.2 Å². The van der Waals surface area contributed by atoms with Gasteiger partial charge in [0, 0.05) is 46.9 Å². The van der Waals surface area contributed by atoms with E-state index in [1.807, 2.05) is 18.2 Å². The number of ether oxygens (including phenoxy) is 1. The maximum absolute atomic E-state index is 12.0. The van der Waals surface area contributed by atoms with E-state index in [1.54, 1.807) is 26.1 Å². The van der Waals surface area contributed by atoms with Crippen LogP contribution in [0.5, 0.6) is 0 Å². The molecule has 8 heteroatoms. The fraction of sp³-hybridized carbons (Fsp3) is 0.619. The number of carbonyl (C=O) groups excluding carboxylic acids is 1. The number of aliphatic imine (C=N–C) groups is 1. The molecule has 0 aliphatic carbocycles. The first-order valence-corrected chi connectivity index (χ1v) is 10.0. The minimum absolute atomic E-state index is 0. The van der Waals surface area contributed by atoms with Crippen molar-refractivity contribution in [2.24, 2.45) is 4.99 Å². The Hall–Kier alpha value is -1.39. The van der Waals surface area contributed by atoms with E-state index in [4.69, 9.17) is 4.74 Å². The van der Waals surface area contributed by atoms with Crippen LogP contribution in [0.4, 0.5) is 0 Å². The third-order valence-electron chi connectivity index (χ3n) is 5.06. The molecule has 0 radical (unpaired) electrons. The Kier molecular flexibility index (Phi) is 12.2. The van der Waals surface area contributed by atoms with Crippen molar-refractivity contribution in [3.63, 3.8) is 0 Å². The first-order valence-electron chi connectivity index (χ1n) is 10.0. The maximum atomic E-state index is 12.0. The zero-order valence-electron chi connectivity index (χ0n) is 18.1. The van der Waals surface area contributed by atoms with Crippen LogP contribution in [0, 0.1) is 0 Å². The lowest BCUT2D eigenvalue weighted by molar-refractivity contribution is -0.127. The van der Waals surface area contributed by atoms with E-state index in [9.17, 15) is 4.79 Å². The van der Waals surface area contributed by atoms with Crippen LogP contribution in [0.2, 0.25) is 0 Å². The van der Waals surface area contributed by atoms with Gasteiger partial charge >= 0.3 is 0 Å². The number of benzene rings is 1. The smallest absolute Gasteiger partial charge is 0.243 e. The molecule has 7 nitrogen and oxygen atoms in total. The van der Waals surface area contributed by atoms with Crippen molar-refractivity contribution < 1.29 is 9.53 Å². The van der Waals surface area contributed by atoms with Gasteiger partial charge in [0.25, 0.3) is 0 Å². The molecule has 1 amide bonds. The molecular weight excluding hydrogens is 481 g/mol. The van der Waals surface area contributed by atoms with Crippen LogP contribution in [-0.4, -0.2) is 81.7 Å². The Bertz CT molecular complexity index is 619. The summed E-state index contributed by atoms with van der Waals surface area (Å²) in [6.07, 6.45) is 2.09. The van der Waals surface area contributed by atoms with Crippen LogP contribution in [-0.2, 0) is 9.53 Å². The second kappa shape index (κ2) is 13.8. The first-order chi connectivity index (χ1) is 13.5. The molecule has 1 atom stereocenters. The Morgan fingerprint density at radius 1 is 1.28 bits per heavy atom. The van der Waals surface area contributed by atoms with E-state index in [0.29, 0.717) is 12.0 Å². The lowest BCUT2D eigenvalue weighted by Crippen LogP contribution is -2.49. The summed E-state index contributed by atoms with van der Waals surface area (Å²) < 4.78 is 5.17. The quantitative estimate of drug-likeness (QED) is 0.314. The van der Waals surface area contributed by atoms with E-state index in [-0.39, 0.29) is 42.5 Å².